The van der Waals surface area contributed by atoms with Crippen molar-refractivity contribution in [2.75, 3.05) is 6.54 Å². The third-order valence-electron chi connectivity index (χ3n) is 3.98. The molecule has 3 nitrogen and oxygen atoms in total. The van der Waals surface area contributed by atoms with E-state index in [0.717, 1.165) is 22.2 Å². The van der Waals surface area contributed by atoms with Gasteiger partial charge in [0.2, 0.25) is 0 Å². The second-order valence-corrected chi connectivity index (χ2v) is 6.54. The molecule has 3 aromatic rings. The molecule has 2 aromatic carbocycles. The van der Waals surface area contributed by atoms with E-state index < -0.39 is 0 Å². The molecule has 1 N–H and O–H groups in total. The van der Waals surface area contributed by atoms with Crippen LogP contribution in [0.15, 0.2) is 54.6 Å². The van der Waals surface area contributed by atoms with Gasteiger partial charge >= 0.3 is 0 Å². The van der Waals surface area contributed by atoms with Crippen LogP contribution < -0.4 is 5.32 Å². The van der Waals surface area contributed by atoms with E-state index in [1.54, 1.807) is 0 Å². The smallest absolute Gasteiger partial charge is 0.252 e. The van der Waals surface area contributed by atoms with Crippen LogP contribution in [0, 0.1) is 12.8 Å². The number of fused-ring (bicyclic) bond motifs is 1. The highest BCUT2D eigenvalue weighted by molar-refractivity contribution is 6.07. The van der Waals surface area contributed by atoms with E-state index in [2.05, 4.69) is 38.2 Å². The van der Waals surface area contributed by atoms with Crippen molar-refractivity contribution in [3.8, 4) is 11.3 Å². The molecule has 1 aromatic heterocycles. The molecule has 1 amide bonds. The van der Waals surface area contributed by atoms with Crippen molar-refractivity contribution in [1.29, 1.82) is 0 Å². The first-order chi connectivity index (χ1) is 11.5. The summed E-state index contributed by atoms with van der Waals surface area (Å²) in [6.45, 7) is 6.89. The quantitative estimate of drug-likeness (QED) is 0.764. The Morgan fingerprint density at radius 3 is 2.50 bits per heavy atom. The number of hydrogen-bond donors (Lipinski definition) is 1. The van der Waals surface area contributed by atoms with Gasteiger partial charge in [-0.1, -0.05) is 61.9 Å². The predicted molar refractivity (Wildman–Crippen MR) is 99.1 cm³/mol. The molecule has 0 fully saturated rings. The monoisotopic (exact) mass is 318 g/mol. The van der Waals surface area contributed by atoms with Crippen molar-refractivity contribution in [3.63, 3.8) is 0 Å². The molecule has 0 bridgehead atoms. The number of carbonyl (C=O) groups excluding carboxylic acids is 1. The number of aromatic nitrogens is 1. The number of rotatable bonds is 4. The van der Waals surface area contributed by atoms with Crippen molar-refractivity contribution < 1.29 is 4.79 Å². The van der Waals surface area contributed by atoms with E-state index in [-0.39, 0.29) is 5.91 Å². The summed E-state index contributed by atoms with van der Waals surface area (Å²) in [5, 5.41) is 3.90. The van der Waals surface area contributed by atoms with Gasteiger partial charge in [-0.25, -0.2) is 4.98 Å². The first-order valence-corrected chi connectivity index (χ1v) is 8.29. The lowest BCUT2D eigenvalue weighted by Gasteiger charge is -2.12. The van der Waals surface area contributed by atoms with Crippen LogP contribution in [0.3, 0.4) is 0 Å². The molecule has 122 valence electrons. The second-order valence-electron chi connectivity index (χ2n) is 6.54. The van der Waals surface area contributed by atoms with Gasteiger partial charge in [-0.05, 0) is 25.0 Å². The van der Waals surface area contributed by atoms with Gasteiger partial charge in [0.1, 0.15) is 0 Å². The summed E-state index contributed by atoms with van der Waals surface area (Å²) < 4.78 is 0. The molecule has 0 aliphatic carbocycles. The first kappa shape index (κ1) is 16.2. The second kappa shape index (κ2) is 6.83. The molecule has 0 saturated heterocycles. The minimum Gasteiger partial charge on any atom is -0.352 e. The fraction of sp³-hybridized carbons (Fsp3) is 0.238. The van der Waals surface area contributed by atoms with Crippen molar-refractivity contribution >= 4 is 16.8 Å². The Bertz CT molecular complexity index is 867. The Hall–Kier alpha value is -2.68. The van der Waals surface area contributed by atoms with Crippen molar-refractivity contribution in [3.05, 3.63) is 65.7 Å². The molecular weight excluding hydrogens is 296 g/mol. The third kappa shape index (κ3) is 3.46. The van der Waals surface area contributed by atoms with Gasteiger partial charge in [-0.2, -0.15) is 0 Å². The van der Waals surface area contributed by atoms with Crippen LogP contribution >= 0.6 is 0 Å². The number of nitrogens with zero attached hydrogens (tertiary/aromatic N) is 1. The zero-order chi connectivity index (χ0) is 17.1. The molecule has 0 aliphatic rings. The highest BCUT2D eigenvalue weighted by Crippen LogP contribution is 2.25. The van der Waals surface area contributed by atoms with Crippen LogP contribution in [0.1, 0.15) is 29.8 Å². The molecule has 24 heavy (non-hydrogen) atoms. The van der Waals surface area contributed by atoms with Crippen LogP contribution in [0.2, 0.25) is 0 Å². The molecule has 0 unspecified atom stereocenters. The molecule has 0 saturated carbocycles. The maximum Gasteiger partial charge on any atom is 0.252 e. The number of amides is 1. The average molecular weight is 318 g/mol. The normalized spacial score (nSPS) is 11.0. The van der Waals surface area contributed by atoms with E-state index in [4.69, 9.17) is 4.98 Å². The topological polar surface area (TPSA) is 42.0 Å². The lowest BCUT2D eigenvalue weighted by atomic mass is 10.0. The van der Waals surface area contributed by atoms with Gasteiger partial charge in [0.25, 0.3) is 5.91 Å². The van der Waals surface area contributed by atoms with Crippen molar-refractivity contribution in [1.82, 2.24) is 10.3 Å². The van der Waals surface area contributed by atoms with E-state index in [9.17, 15) is 4.79 Å². The predicted octanol–water partition coefficient (Wildman–Crippen LogP) is 4.60. The van der Waals surface area contributed by atoms with Crippen LogP contribution in [0.5, 0.6) is 0 Å². The van der Waals surface area contributed by atoms with Gasteiger partial charge in [0.15, 0.2) is 0 Å². The molecule has 3 rings (SSSR count). The van der Waals surface area contributed by atoms with Gasteiger partial charge in [0, 0.05) is 17.5 Å². The summed E-state index contributed by atoms with van der Waals surface area (Å²) in [6.07, 6.45) is 0. The molecule has 3 heteroatoms. The summed E-state index contributed by atoms with van der Waals surface area (Å²) in [5.74, 6) is 0.370. The molecule has 0 spiro atoms. The molecule has 0 atom stereocenters. The highest BCUT2D eigenvalue weighted by atomic mass is 16.1. The fourth-order valence-electron chi connectivity index (χ4n) is 2.63. The number of pyridine rings is 1. The first-order valence-electron chi connectivity index (χ1n) is 8.29. The Morgan fingerprint density at radius 1 is 1.08 bits per heavy atom. The summed E-state index contributed by atoms with van der Waals surface area (Å²) in [4.78, 5) is 17.4. The summed E-state index contributed by atoms with van der Waals surface area (Å²) in [7, 11) is 0. The van der Waals surface area contributed by atoms with Gasteiger partial charge in [-0.3, -0.25) is 4.79 Å². The summed E-state index contributed by atoms with van der Waals surface area (Å²) >= 11 is 0. The average Bonchev–Trinajstić information content (AvgIpc) is 2.59. The zero-order valence-corrected chi connectivity index (χ0v) is 14.3. The molecule has 1 heterocycles. The maximum absolute atomic E-state index is 12.7. The maximum atomic E-state index is 12.7. The lowest BCUT2D eigenvalue weighted by molar-refractivity contribution is 0.0950. The molecular formula is C21H22N2O. The van der Waals surface area contributed by atoms with E-state index >= 15 is 0 Å². The number of nitrogens with one attached hydrogen (secondary N) is 1. The van der Waals surface area contributed by atoms with Crippen molar-refractivity contribution in [2.45, 2.75) is 20.8 Å². The number of carbonyl (C=O) groups is 1. The van der Waals surface area contributed by atoms with Crippen LogP contribution in [0.4, 0.5) is 0 Å². The zero-order valence-electron chi connectivity index (χ0n) is 14.3. The molecule has 0 radical (unpaired) electrons. The minimum atomic E-state index is -0.0457. The van der Waals surface area contributed by atoms with Crippen LogP contribution in [-0.2, 0) is 0 Å². The standard InChI is InChI=1S/C21H22N2O/c1-14(2)13-22-21(24)18-12-20(16-10-8-15(3)9-11-16)23-19-7-5-4-6-17(18)19/h4-12,14H,13H2,1-3H3,(H,22,24). The number of aryl methyl sites for hydroxylation is 1. The summed E-state index contributed by atoms with van der Waals surface area (Å²) in [5.41, 5.74) is 4.56. The van der Waals surface area contributed by atoms with Crippen LogP contribution in [-0.4, -0.2) is 17.4 Å². The van der Waals surface area contributed by atoms with Crippen molar-refractivity contribution in [2.24, 2.45) is 5.92 Å². The summed E-state index contributed by atoms with van der Waals surface area (Å²) in [6, 6.07) is 17.9. The SMILES string of the molecule is Cc1ccc(-c2cc(C(=O)NCC(C)C)c3ccccc3n2)cc1. The van der Waals surface area contributed by atoms with Gasteiger partial charge < -0.3 is 5.32 Å². The Kier molecular flexibility index (Phi) is 4.61. The Balaban J connectivity index is 2.09. The Labute approximate surface area is 142 Å². The number of hydrogen-bond acceptors (Lipinski definition) is 2. The minimum absolute atomic E-state index is 0.0457. The highest BCUT2D eigenvalue weighted by Gasteiger charge is 2.14. The third-order valence-corrected chi connectivity index (χ3v) is 3.98. The fourth-order valence-corrected chi connectivity index (χ4v) is 2.63. The van der Waals surface area contributed by atoms with E-state index in [1.165, 1.54) is 5.56 Å². The van der Waals surface area contributed by atoms with Crippen LogP contribution in [0.25, 0.3) is 22.2 Å². The van der Waals surface area contributed by atoms with E-state index in [1.807, 2.05) is 42.5 Å². The number of benzene rings is 2. The lowest BCUT2D eigenvalue weighted by Crippen LogP contribution is -2.27. The Morgan fingerprint density at radius 2 is 1.79 bits per heavy atom. The number of para-hydroxylation sites is 1. The van der Waals surface area contributed by atoms with Gasteiger partial charge in [-0.15, -0.1) is 0 Å². The molecule has 0 aliphatic heterocycles. The largest absolute Gasteiger partial charge is 0.352 e. The van der Waals surface area contributed by atoms with Gasteiger partial charge in [0.05, 0.1) is 16.8 Å². The van der Waals surface area contributed by atoms with E-state index in [0.29, 0.717) is 18.0 Å².